The maximum atomic E-state index is 13.1. The Hall–Kier alpha value is -1.25. The molecule has 1 aromatic rings. The summed E-state index contributed by atoms with van der Waals surface area (Å²) in [7, 11) is 0. The van der Waals surface area contributed by atoms with Gasteiger partial charge in [0.05, 0.1) is 5.69 Å². The summed E-state index contributed by atoms with van der Waals surface area (Å²) in [6, 6.07) is 2.53. The predicted octanol–water partition coefficient (Wildman–Crippen LogP) is 2.41. The molecule has 0 bridgehead atoms. The normalized spacial score (nSPS) is 11.7. The van der Waals surface area contributed by atoms with Crippen LogP contribution in [0.2, 0.25) is 0 Å². The van der Waals surface area contributed by atoms with Crippen LogP contribution in [0.5, 0.6) is 5.75 Å². The van der Waals surface area contributed by atoms with Crippen molar-refractivity contribution in [2.75, 3.05) is 5.73 Å². The van der Waals surface area contributed by atoms with Gasteiger partial charge < -0.3 is 10.8 Å². The molecule has 1 rings (SSSR count). The van der Waals surface area contributed by atoms with Crippen LogP contribution in [0.1, 0.15) is 26.3 Å². The average molecular weight is 183 g/mol. The summed E-state index contributed by atoms with van der Waals surface area (Å²) < 4.78 is 13.1. The first-order valence-corrected chi connectivity index (χ1v) is 4.11. The third-order valence-corrected chi connectivity index (χ3v) is 1.92. The Morgan fingerprint density at radius 2 is 1.85 bits per heavy atom. The van der Waals surface area contributed by atoms with E-state index in [0.717, 1.165) is 0 Å². The number of aromatic hydroxyl groups is 1. The van der Waals surface area contributed by atoms with E-state index in [1.54, 1.807) is 0 Å². The first kappa shape index (κ1) is 9.84. The lowest BCUT2D eigenvalue weighted by molar-refractivity contribution is 0.444. The highest BCUT2D eigenvalue weighted by molar-refractivity contribution is 5.51. The summed E-state index contributed by atoms with van der Waals surface area (Å²) in [5.74, 6) is -0.436. The fourth-order valence-corrected chi connectivity index (χ4v) is 1.18. The molecule has 13 heavy (non-hydrogen) atoms. The van der Waals surface area contributed by atoms with Gasteiger partial charge >= 0.3 is 0 Å². The van der Waals surface area contributed by atoms with Gasteiger partial charge in [-0.2, -0.15) is 0 Å². The Morgan fingerprint density at radius 3 is 2.31 bits per heavy atom. The van der Waals surface area contributed by atoms with Gasteiger partial charge in [0.25, 0.3) is 0 Å². The van der Waals surface area contributed by atoms with Gasteiger partial charge in [-0.25, -0.2) is 4.39 Å². The van der Waals surface area contributed by atoms with Gasteiger partial charge in [0.15, 0.2) is 0 Å². The highest BCUT2D eigenvalue weighted by atomic mass is 19.1. The Balaban J connectivity index is 3.32. The molecule has 3 N–H and O–H groups in total. The highest BCUT2D eigenvalue weighted by Gasteiger charge is 2.19. The fraction of sp³-hybridized carbons (Fsp3) is 0.400. The molecule has 0 atom stereocenters. The fourth-order valence-electron chi connectivity index (χ4n) is 1.18. The van der Waals surface area contributed by atoms with E-state index in [4.69, 9.17) is 5.73 Å². The zero-order valence-electron chi connectivity index (χ0n) is 8.06. The van der Waals surface area contributed by atoms with Crippen molar-refractivity contribution in [3.63, 3.8) is 0 Å². The molecular weight excluding hydrogens is 169 g/mol. The third-order valence-electron chi connectivity index (χ3n) is 1.92. The van der Waals surface area contributed by atoms with Crippen LogP contribution in [-0.4, -0.2) is 5.11 Å². The molecule has 1 aromatic carbocycles. The average Bonchev–Trinajstić information content (AvgIpc) is 1.94. The second-order valence-electron chi connectivity index (χ2n) is 4.14. The lowest BCUT2D eigenvalue weighted by Crippen LogP contribution is -2.12. The van der Waals surface area contributed by atoms with E-state index >= 15 is 0 Å². The van der Waals surface area contributed by atoms with E-state index in [9.17, 15) is 9.50 Å². The number of nitrogens with two attached hydrogens (primary N) is 1. The first-order valence-electron chi connectivity index (χ1n) is 4.11. The number of anilines is 1. The van der Waals surface area contributed by atoms with Crippen molar-refractivity contribution in [1.29, 1.82) is 0 Å². The van der Waals surface area contributed by atoms with Crippen molar-refractivity contribution < 1.29 is 9.50 Å². The third kappa shape index (κ3) is 1.91. The minimum absolute atomic E-state index is 0.0227. The summed E-state index contributed by atoms with van der Waals surface area (Å²) >= 11 is 0. The molecule has 0 aliphatic rings. The summed E-state index contributed by atoms with van der Waals surface area (Å²) in [6.45, 7) is 5.70. The molecule has 0 saturated carbocycles. The van der Waals surface area contributed by atoms with Crippen molar-refractivity contribution in [3.8, 4) is 5.75 Å². The Morgan fingerprint density at radius 1 is 1.31 bits per heavy atom. The van der Waals surface area contributed by atoms with Gasteiger partial charge in [0.1, 0.15) is 11.6 Å². The molecule has 3 heteroatoms. The summed E-state index contributed by atoms with van der Waals surface area (Å²) in [4.78, 5) is 0. The molecule has 0 aromatic heterocycles. The lowest BCUT2D eigenvalue weighted by atomic mass is 9.86. The number of benzene rings is 1. The van der Waals surface area contributed by atoms with E-state index in [-0.39, 0.29) is 16.9 Å². The zero-order valence-corrected chi connectivity index (χ0v) is 8.06. The van der Waals surface area contributed by atoms with Crippen LogP contribution in [0.15, 0.2) is 12.1 Å². The van der Waals surface area contributed by atoms with Gasteiger partial charge in [-0.3, -0.25) is 0 Å². The van der Waals surface area contributed by atoms with E-state index in [1.807, 2.05) is 20.8 Å². The number of halogens is 1. The molecular formula is C10H14FNO. The number of hydrogen-bond acceptors (Lipinski definition) is 2. The topological polar surface area (TPSA) is 46.2 Å². The number of nitrogen functional groups attached to an aromatic ring is 1. The monoisotopic (exact) mass is 183 g/mol. The van der Waals surface area contributed by atoms with Crippen molar-refractivity contribution in [2.45, 2.75) is 26.2 Å². The quantitative estimate of drug-likeness (QED) is 0.607. The smallest absolute Gasteiger partial charge is 0.146 e. The largest absolute Gasteiger partial charge is 0.508 e. The molecule has 0 heterocycles. The van der Waals surface area contributed by atoms with Crippen LogP contribution in [0.3, 0.4) is 0 Å². The van der Waals surface area contributed by atoms with Crippen LogP contribution in [0, 0.1) is 5.82 Å². The number of phenolic OH excluding ortho intramolecular Hbond substituents is 1. The Bertz CT molecular complexity index is 328. The standard InChI is InChI=1S/C10H14FNO/c1-10(2,3)6-4-7(11)8(12)5-9(6)13/h4-5,13H,12H2,1-3H3. The second-order valence-corrected chi connectivity index (χ2v) is 4.14. The van der Waals surface area contributed by atoms with Crippen molar-refractivity contribution in [2.24, 2.45) is 0 Å². The van der Waals surface area contributed by atoms with Crippen LogP contribution in [0.25, 0.3) is 0 Å². The van der Waals surface area contributed by atoms with Gasteiger partial charge in [0.2, 0.25) is 0 Å². The molecule has 0 aliphatic carbocycles. The molecule has 0 saturated heterocycles. The van der Waals surface area contributed by atoms with Gasteiger partial charge in [-0.1, -0.05) is 20.8 Å². The summed E-state index contributed by atoms with van der Waals surface area (Å²) in [5.41, 5.74) is 5.56. The summed E-state index contributed by atoms with van der Waals surface area (Å²) in [6.07, 6.45) is 0. The maximum absolute atomic E-state index is 13.1. The highest BCUT2D eigenvalue weighted by Crippen LogP contribution is 2.33. The summed E-state index contributed by atoms with van der Waals surface area (Å²) in [5, 5.41) is 9.50. The molecule has 72 valence electrons. The van der Waals surface area contributed by atoms with Crippen molar-refractivity contribution in [1.82, 2.24) is 0 Å². The van der Waals surface area contributed by atoms with Crippen molar-refractivity contribution >= 4 is 5.69 Å². The minimum Gasteiger partial charge on any atom is -0.508 e. The molecule has 0 radical (unpaired) electrons. The molecule has 0 fully saturated rings. The molecule has 0 amide bonds. The molecule has 0 aliphatic heterocycles. The first-order chi connectivity index (χ1) is 5.82. The van der Waals surface area contributed by atoms with Crippen molar-refractivity contribution in [3.05, 3.63) is 23.5 Å². The zero-order chi connectivity index (χ0) is 10.2. The van der Waals surface area contributed by atoms with E-state index in [1.165, 1.54) is 12.1 Å². The van der Waals surface area contributed by atoms with Gasteiger partial charge in [0, 0.05) is 11.6 Å². The van der Waals surface area contributed by atoms with Crippen LogP contribution < -0.4 is 5.73 Å². The molecule has 0 unspecified atom stereocenters. The maximum Gasteiger partial charge on any atom is 0.146 e. The number of phenols is 1. The van der Waals surface area contributed by atoms with Gasteiger partial charge in [-0.05, 0) is 11.5 Å². The van der Waals surface area contributed by atoms with E-state index in [0.29, 0.717) is 5.56 Å². The SMILES string of the molecule is CC(C)(C)c1cc(F)c(N)cc1O. The second kappa shape index (κ2) is 2.91. The van der Waals surface area contributed by atoms with Crippen LogP contribution in [-0.2, 0) is 5.41 Å². The molecule has 0 spiro atoms. The number of hydrogen-bond donors (Lipinski definition) is 2. The predicted molar refractivity (Wildman–Crippen MR) is 51.2 cm³/mol. The van der Waals surface area contributed by atoms with E-state index < -0.39 is 5.82 Å². The number of rotatable bonds is 0. The van der Waals surface area contributed by atoms with Crippen LogP contribution in [0.4, 0.5) is 10.1 Å². The Labute approximate surface area is 77.2 Å². The lowest BCUT2D eigenvalue weighted by Gasteiger charge is -2.20. The van der Waals surface area contributed by atoms with Gasteiger partial charge in [-0.15, -0.1) is 0 Å². The van der Waals surface area contributed by atoms with Crippen LogP contribution >= 0.6 is 0 Å². The van der Waals surface area contributed by atoms with E-state index in [2.05, 4.69) is 0 Å². The Kier molecular flexibility index (Phi) is 2.20. The molecule has 2 nitrogen and oxygen atoms in total. The minimum atomic E-state index is -0.484.